The molecule has 5 nitrogen and oxygen atoms in total. The Morgan fingerprint density at radius 1 is 1.21 bits per heavy atom. The topological polar surface area (TPSA) is 45.2 Å². The molecule has 3 aliphatic rings. The Morgan fingerprint density at radius 2 is 2.04 bits per heavy atom. The van der Waals surface area contributed by atoms with E-state index in [-0.39, 0.29) is 6.10 Å². The summed E-state index contributed by atoms with van der Waals surface area (Å²) in [5.41, 5.74) is 1.31. The Balaban J connectivity index is 1.35. The summed E-state index contributed by atoms with van der Waals surface area (Å²) >= 11 is 0. The number of ether oxygens (including phenoxy) is 2. The zero-order valence-electron chi connectivity index (χ0n) is 14.6. The molecule has 0 radical (unpaired) electrons. The first-order valence-corrected chi connectivity index (χ1v) is 9.13. The zero-order chi connectivity index (χ0) is 16.7. The molecule has 5 heteroatoms. The molecule has 0 bridgehead atoms. The number of piperazine rings is 1. The third kappa shape index (κ3) is 3.25. The SMILES string of the molecule is C[C@@H](Cc1ccc2c(c1)OCO2)CN1C[C@H]2C[C@@H](O)CN2C[C@@H]1C. The number of aliphatic hydroxyl groups excluding tert-OH is 1. The Kier molecular flexibility index (Phi) is 4.41. The third-order valence-corrected chi connectivity index (χ3v) is 5.64. The van der Waals surface area contributed by atoms with Crippen molar-refractivity contribution in [2.75, 3.05) is 33.0 Å². The van der Waals surface area contributed by atoms with E-state index in [9.17, 15) is 5.11 Å². The first-order chi connectivity index (χ1) is 11.6. The monoisotopic (exact) mass is 332 g/mol. The van der Waals surface area contributed by atoms with Crippen LogP contribution in [0.3, 0.4) is 0 Å². The molecule has 1 N–H and O–H groups in total. The number of nitrogens with zero attached hydrogens (tertiary/aromatic N) is 2. The van der Waals surface area contributed by atoms with Crippen LogP contribution in [0.1, 0.15) is 25.8 Å². The molecular weight excluding hydrogens is 304 g/mol. The van der Waals surface area contributed by atoms with Gasteiger partial charge in [-0.3, -0.25) is 9.80 Å². The summed E-state index contributed by atoms with van der Waals surface area (Å²) in [7, 11) is 0. The number of aliphatic hydroxyl groups is 1. The van der Waals surface area contributed by atoms with Gasteiger partial charge >= 0.3 is 0 Å². The maximum atomic E-state index is 9.90. The molecule has 132 valence electrons. The van der Waals surface area contributed by atoms with Gasteiger partial charge in [0.25, 0.3) is 0 Å². The van der Waals surface area contributed by atoms with Gasteiger partial charge in [-0.05, 0) is 43.4 Å². The fraction of sp³-hybridized carbons (Fsp3) is 0.684. The molecule has 1 aromatic carbocycles. The lowest BCUT2D eigenvalue weighted by Gasteiger charge is -2.43. The summed E-state index contributed by atoms with van der Waals surface area (Å²) in [6, 6.07) is 7.39. The molecule has 24 heavy (non-hydrogen) atoms. The molecule has 0 unspecified atom stereocenters. The second-order valence-electron chi connectivity index (χ2n) is 7.80. The molecule has 3 aliphatic heterocycles. The highest BCUT2D eigenvalue weighted by Gasteiger charge is 2.38. The maximum Gasteiger partial charge on any atom is 0.231 e. The molecule has 0 saturated carbocycles. The minimum atomic E-state index is -0.131. The van der Waals surface area contributed by atoms with Crippen LogP contribution in [0.2, 0.25) is 0 Å². The summed E-state index contributed by atoms with van der Waals surface area (Å²) in [6.07, 6.45) is 1.85. The van der Waals surface area contributed by atoms with Crippen molar-refractivity contribution < 1.29 is 14.6 Å². The van der Waals surface area contributed by atoms with Crippen LogP contribution < -0.4 is 9.47 Å². The average molecular weight is 332 g/mol. The summed E-state index contributed by atoms with van der Waals surface area (Å²) in [5, 5.41) is 9.90. The molecule has 2 fully saturated rings. The van der Waals surface area contributed by atoms with Gasteiger partial charge in [-0.2, -0.15) is 0 Å². The van der Waals surface area contributed by atoms with Crippen LogP contribution in [0, 0.1) is 5.92 Å². The van der Waals surface area contributed by atoms with E-state index in [2.05, 4.69) is 35.8 Å². The van der Waals surface area contributed by atoms with E-state index in [0.717, 1.165) is 50.5 Å². The van der Waals surface area contributed by atoms with E-state index < -0.39 is 0 Å². The first-order valence-electron chi connectivity index (χ1n) is 9.13. The fourth-order valence-electron chi connectivity index (χ4n) is 4.47. The molecule has 0 spiro atoms. The van der Waals surface area contributed by atoms with Gasteiger partial charge in [-0.1, -0.05) is 13.0 Å². The van der Waals surface area contributed by atoms with Crippen LogP contribution in [0.15, 0.2) is 18.2 Å². The molecule has 3 heterocycles. The number of fused-ring (bicyclic) bond motifs is 2. The van der Waals surface area contributed by atoms with Crippen molar-refractivity contribution in [2.24, 2.45) is 5.92 Å². The maximum absolute atomic E-state index is 9.90. The van der Waals surface area contributed by atoms with Crippen LogP contribution in [0.5, 0.6) is 11.5 Å². The lowest BCUT2D eigenvalue weighted by molar-refractivity contribution is 0.0488. The van der Waals surface area contributed by atoms with Crippen LogP contribution in [-0.2, 0) is 6.42 Å². The van der Waals surface area contributed by atoms with E-state index in [1.807, 2.05) is 6.07 Å². The van der Waals surface area contributed by atoms with Gasteiger partial charge in [0.05, 0.1) is 6.10 Å². The van der Waals surface area contributed by atoms with Crippen molar-refractivity contribution in [3.63, 3.8) is 0 Å². The van der Waals surface area contributed by atoms with Crippen molar-refractivity contribution in [1.82, 2.24) is 9.80 Å². The quantitative estimate of drug-likeness (QED) is 0.910. The summed E-state index contributed by atoms with van der Waals surface area (Å²) in [6.45, 7) is 9.11. The summed E-state index contributed by atoms with van der Waals surface area (Å²) in [5.74, 6) is 2.32. The molecule has 1 aromatic rings. The van der Waals surface area contributed by atoms with E-state index in [1.54, 1.807) is 0 Å². The molecule has 4 atom stereocenters. The molecule has 0 aromatic heterocycles. The minimum absolute atomic E-state index is 0.131. The van der Waals surface area contributed by atoms with Crippen LogP contribution >= 0.6 is 0 Å². The Labute approximate surface area is 144 Å². The molecule has 2 saturated heterocycles. The van der Waals surface area contributed by atoms with Crippen molar-refractivity contribution in [3.05, 3.63) is 23.8 Å². The van der Waals surface area contributed by atoms with E-state index in [0.29, 0.717) is 24.8 Å². The van der Waals surface area contributed by atoms with Crippen molar-refractivity contribution in [2.45, 2.75) is 44.9 Å². The van der Waals surface area contributed by atoms with Crippen LogP contribution in [-0.4, -0.2) is 66.1 Å². The molecule has 4 rings (SSSR count). The number of hydrogen-bond acceptors (Lipinski definition) is 5. The highest BCUT2D eigenvalue weighted by atomic mass is 16.7. The van der Waals surface area contributed by atoms with Crippen LogP contribution in [0.4, 0.5) is 0 Å². The molecule has 0 amide bonds. The van der Waals surface area contributed by atoms with E-state index >= 15 is 0 Å². The smallest absolute Gasteiger partial charge is 0.231 e. The van der Waals surface area contributed by atoms with Crippen LogP contribution in [0.25, 0.3) is 0 Å². The van der Waals surface area contributed by atoms with Gasteiger partial charge in [0.1, 0.15) is 0 Å². The Bertz CT molecular complexity index is 594. The molecule has 0 aliphatic carbocycles. The highest BCUT2D eigenvalue weighted by Crippen LogP contribution is 2.33. The number of benzene rings is 1. The number of hydrogen-bond donors (Lipinski definition) is 1. The predicted octanol–water partition coefficient (Wildman–Crippen LogP) is 1.73. The van der Waals surface area contributed by atoms with Gasteiger partial charge in [0.15, 0.2) is 11.5 Å². The number of rotatable bonds is 4. The fourth-order valence-corrected chi connectivity index (χ4v) is 4.47. The standard InChI is InChI=1S/C19H28N2O3/c1-13(5-15-3-4-18-19(6-15)24-12-23-18)8-20-10-16-7-17(22)11-21(16)9-14(20)2/h3-4,6,13-14,16-17,22H,5,7-12H2,1-2H3/t13-,14-,16+,17+/m0/s1. The Hall–Kier alpha value is -1.30. The lowest BCUT2D eigenvalue weighted by atomic mass is 9.98. The minimum Gasteiger partial charge on any atom is -0.454 e. The van der Waals surface area contributed by atoms with Crippen molar-refractivity contribution >= 4 is 0 Å². The van der Waals surface area contributed by atoms with Gasteiger partial charge < -0.3 is 14.6 Å². The van der Waals surface area contributed by atoms with Gasteiger partial charge in [0, 0.05) is 38.3 Å². The van der Waals surface area contributed by atoms with E-state index in [1.165, 1.54) is 5.56 Å². The summed E-state index contributed by atoms with van der Waals surface area (Å²) in [4.78, 5) is 5.07. The highest BCUT2D eigenvalue weighted by molar-refractivity contribution is 5.44. The largest absolute Gasteiger partial charge is 0.454 e. The van der Waals surface area contributed by atoms with Crippen molar-refractivity contribution in [3.8, 4) is 11.5 Å². The van der Waals surface area contributed by atoms with Crippen molar-refractivity contribution in [1.29, 1.82) is 0 Å². The molecular formula is C19H28N2O3. The second-order valence-corrected chi connectivity index (χ2v) is 7.80. The van der Waals surface area contributed by atoms with E-state index in [4.69, 9.17) is 9.47 Å². The Morgan fingerprint density at radius 3 is 2.92 bits per heavy atom. The van der Waals surface area contributed by atoms with Gasteiger partial charge in [0.2, 0.25) is 6.79 Å². The average Bonchev–Trinajstić information content (AvgIpc) is 3.12. The zero-order valence-corrected chi connectivity index (χ0v) is 14.6. The normalized spacial score (nSPS) is 31.2. The van der Waals surface area contributed by atoms with Gasteiger partial charge in [-0.15, -0.1) is 0 Å². The lowest BCUT2D eigenvalue weighted by Crippen LogP contribution is -2.55. The third-order valence-electron chi connectivity index (χ3n) is 5.64. The first kappa shape index (κ1) is 16.2. The predicted molar refractivity (Wildman–Crippen MR) is 92.5 cm³/mol. The summed E-state index contributed by atoms with van der Waals surface area (Å²) < 4.78 is 10.9. The van der Waals surface area contributed by atoms with Gasteiger partial charge in [-0.25, -0.2) is 0 Å². The second kappa shape index (κ2) is 6.54.